The quantitative estimate of drug-likeness (QED) is 0.787. The van der Waals surface area contributed by atoms with E-state index >= 15 is 0 Å². The van der Waals surface area contributed by atoms with E-state index in [1.807, 2.05) is 28.5 Å². The van der Waals surface area contributed by atoms with Crippen molar-refractivity contribution < 1.29 is 14.3 Å². The van der Waals surface area contributed by atoms with Crippen LogP contribution < -0.4 is 9.47 Å². The van der Waals surface area contributed by atoms with E-state index in [2.05, 4.69) is 4.98 Å². The molecule has 5 nitrogen and oxygen atoms in total. The fourth-order valence-corrected chi connectivity index (χ4v) is 2.86. The van der Waals surface area contributed by atoms with Crippen molar-refractivity contribution >= 4 is 17.2 Å². The smallest absolute Gasteiger partial charge is 0.261 e. The molecule has 0 bridgehead atoms. The van der Waals surface area contributed by atoms with Crippen LogP contribution in [-0.2, 0) is 11.3 Å². The van der Waals surface area contributed by atoms with Crippen LogP contribution >= 0.6 is 11.3 Å². The molecular formula is C16H18N2O3S. The lowest BCUT2D eigenvalue weighted by Crippen LogP contribution is -2.36. The fourth-order valence-electron chi connectivity index (χ4n) is 2.24. The van der Waals surface area contributed by atoms with Gasteiger partial charge in [-0.05, 0) is 25.0 Å². The van der Waals surface area contributed by atoms with Crippen LogP contribution in [0, 0.1) is 0 Å². The normalized spacial score (nSPS) is 13.7. The minimum Gasteiger partial charge on any atom is -0.493 e. The third-order valence-electron chi connectivity index (χ3n) is 3.52. The second-order valence-corrected chi connectivity index (χ2v) is 6.10. The molecule has 0 radical (unpaired) electrons. The topological polar surface area (TPSA) is 51.7 Å². The largest absolute Gasteiger partial charge is 0.493 e. The van der Waals surface area contributed by atoms with Crippen molar-refractivity contribution in [3.05, 3.63) is 40.8 Å². The van der Waals surface area contributed by atoms with Gasteiger partial charge in [0.05, 0.1) is 13.7 Å². The number of rotatable bonds is 7. The van der Waals surface area contributed by atoms with Crippen LogP contribution in [0.1, 0.15) is 17.8 Å². The highest BCUT2D eigenvalue weighted by Gasteiger charge is 2.33. The monoisotopic (exact) mass is 318 g/mol. The van der Waals surface area contributed by atoms with Crippen LogP contribution in [0.3, 0.4) is 0 Å². The summed E-state index contributed by atoms with van der Waals surface area (Å²) in [7, 11) is 1.59. The lowest BCUT2D eigenvalue weighted by Gasteiger charge is -2.21. The van der Waals surface area contributed by atoms with E-state index < -0.39 is 0 Å². The maximum absolute atomic E-state index is 12.5. The molecule has 0 saturated heterocycles. The highest BCUT2D eigenvalue weighted by Crippen LogP contribution is 2.30. The van der Waals surface area contributed by atoms with E-state index in [1.165, 1.54) is 0 Å². The van der Waals surface area contributed by atoms with E-state index in [1.54, 1.807) is 30.7 Å². The summed E-state index contributed by atoms with van der Waals surface area (Å²) >= 11 is 1.57. The second-order valence-electron chi connectivity index (χ2n) is 5.12. The number of hydrogen-bond donors (Lipinski definition) is 0. The van der Waals surface area contributed by atoms with Crippen molar-refractivity contribution in [3.63, 3.8) is 0 Å². The molecule has 0 aliphatic heterocycles. The van der Waals surface area contributed by atoms with Gasteiger partial charge in [0.1, 0.15) is 5.01 Å². The molecule has 0 unspecified atom stereocenters. The molecule has 6 heteroatoms. The zero-order valence-electron chi connectivity index (χ0n) is 12.4. The van der Waals surface area contributed by atoms with Crippen molar-refractivity contribution in [2.45, 2.75) is 25.4 Å². The number of nitrogens with zero attached hydrogens (tertiary/aromatic N) is 2. The first-order valence-corrected chi connectivity index (χ1v) is 8.09. The molecule has 1 amide bonds. The van der Waals surface area contributed by atoms with Crippen LogP contribution in [0.4, 0.5) is 0 Å². The van der Waals surface area contributed by atoms with Gasteiger partial charge in [0.25, 0.3) is 5.91 Å². The Labute approximate surface area is 133 Å². The third-order valence-corrected chi connectivity index (χ3v) is 4.28. The SMILES string of the molecule is COc1ccccc1OCC(=O)N(Cc1nccs1)C1CC1. The van der Waals surface area contributed by atoms with Gasteiger partial charge < -0.3 is 14.4 Å². The van der Waals surface area contributed by atoms with Gasteiger partial charge in [0, 0.05) is 17.6 Å². The Bertz CT molecular complexity index is 626. The second kappa shape index (κ2) is 6.79. The number of carbonyl (C=O) groups excluding carboxylic acids is 1. The highest BCUT2D eigenvalue weighted by molar-refractivity contribution is 7.09. The Balaban J connectivity index is 1.62. The molecule has 1 fully saturated rings. The zero-order chi connectivity index (χ0) is 15.4. The molecule has 1 saturated carbocycles. The lowest BCUT2D eigenvalue weighted by atomic mass is 10.3. The summed E-state index contributed by atoms with van der Waals surface area (Å²) < 4.78 is 10.9. The summed E-state index contributed by atoms with van der Waals surface area (Å²) in [5.41, 5.74) is 0. The first-order chi connectivity index (χ1) is 10.8. The molecule has 0 spiro atoms. The van der Waals surface area contributed by atoms with Crippen molar-refractivity contribution in [3.8, 4) is 11.5 Å². The Hall–Kier alpha value is -2.08. The van der Waals surface area contributed by atoms with Crippen LogP contribution in [0.2, 0.25) is 0 Å². The fraction of sp³-hybridized carbons (Fsp3) is 0.375. The van der Waals surface area contributed by atoms with Crippen molar-refractivity contribution in [1.82, 2.24) is 9.88 Å². The minimum absolute atomic E-state index is 0.0105. The summed E-state index contributed by atoms with van der Waals surface area (Å²) in [6.07, 6.45) is 3.89. The van der Waals surface area contributed by atoms with Crippen LogP contribution in [0.25, 0.3) is 0 Å². The average Bonchev–Trinajstić information content (AvgIpc) is 3.26. The number of thiazole rings is 1. The molecule has 1 aliphatic carbocycles. The number of para-hydroxylation sites is 2. The van der Waals surface area contributed by atoms with E-state index in [-0.39, 0.29) is 12.5 Å². The molecule has 1 heterocycles. The Kier molecular flexibility index (Phi) is 4.58. The van der Waals surface area contributed by atoms with Crippen molar-refractivity contribution in [2.24, 2.45) is 0 Å². The van der Waals surface area contributed by atoms with Crippen molar-refractivity contribution in [2.75, 3.05) is 13.7 Å². The summed E-state index contributed by atoms with van der Waals surface area (Å²) in [4.78, 5) is 18.6. The molecule has 1 aromatic carbocycles. The molecular weight excluding hydrogens is 300 g/mol. The number of benzene rings is 1. The molecule has 0 N–H and O–H groups in total. The number of aromatic nitrogens is 1. The molecule has 116 valence electrons. The number of carbonyl (C=O) groups is 1. The number of methoxy groups -OCH3 is 1. The Morgan fingerprint density at radius 2 is 2.14 bits per heavy atom. The maximum Gasteiger partial charge on any atom is 0.261 e. The summed E-state index contributed by atoms with van der Waals surface area (Å²) in [5.74, 6) is 1.21. The highest BCUT2D eigenvalue weighted by atomic mass is 32.1. The lowest BCUT2D eigenvalue weighted by molar-refractivity contribution is -0.134. The predicted octanol–water partition coefficient (Wildman–Crippen LogP) is 2.72. The van der Waals surface area contributed by atoms with Crippen molar-refractivity contribution in [1.29, 1.82) is 0 Å². The van der Waals surface area contributed by atoms with E-state index in [9.17, 15) is 4.79 Å². The van der Waals surface area contributed by atoms with Gasteiger partial charge in [-0.3, -0.25) is 4.79 Å². The number of amides is 1. The summed E-state index contributed by atoms with van der Waals surface area (Å²) in [5, 5.41) is 2.88. The van der Waals surface area contributed by atoms with E-state index in [4.69, 9.17) is 9.47 Å². The van der Waals surface area contributed by atoms with Gasteiger partial charge in [0.15, 0.2) is 18.1 Å². The number of ether oxygens (including phenoxy) is 2. The van der Waals surface area contributed by atoms with E-state index in [0.717, 1.165) is 17.8 Å². The van der Waals surface area contributed by atoms with Gasteiger partial charge in [-0.2, -0.15) is 0 Å². The Morgan fingerprint density at radius 1 is 1.36 bits per heavy atom. The third kappa shape index (κ3) is 3.57. The number of hydrogen-bond acceptors (Lipinski definition) is 5. The van der Waals surface area contributed by atoms with Gasteiger partial charge >= 0.3 is 0 Å². The van der Waals surface area contributed by atoms with Crippen LogP contribution in [0.15, 0.2) is 35.8 Å². The van der Waals surface area contributed by atoms with Gasteiger partial charge in [-0.25, -0.2) is 4.98 Å². The summed E-state index contributed by atoms with van der Waals surface area (Å²) in [6, 6.07) is 7.67. The molecule has 3 rings (SSSR count). The van der Waals surface area contributed by atoms with Gasteiger partial charge in [-0.1, -0.05) is 12.1 Å². The first-order valence-electron chi connectivity index (χ1n) is 7.21. The zero-order valence-corrected chi connectivity index (χ0v) is 13.2. The molecule has 2 aromatic rings. The molecule has 1 aliphatic rings. The summed E-state index contributed by atoms with van der Waals surface area (Å²) in [6.45, 7) is 0.582. The average molecular weight is 318 g/mol. The van der Waals surface area contributed by atoms with Gasteiger partial charge in [0.2, 0.25) is 0 Å². The molecule has 0 atom stereocenters. The Morgan fingerprint density at radius 3 is 2.77 bits per heavy atom. The van der Waals surface area contributed by atoms with Crippen LogP contribution in [-0.4, -0.2) is 35.5 Å². The van der Waals surface area contributed by atoms with E-state index in [0.29, 0.717) is 24.1 Å². The first kappa shape index (κ1) is 14.8. The maximum atomic E-state index is 12.5. The standard InChI is InChI=1S/C16H18N2O3S/c1-20-13-4-2-3-5-14(13)21-11-16(19)18(12-6-7-12)10-15-17-8-9-22-15/h2-5,8-9,12H,6-7,10-11H2,1H3. The predicted molar refractivity (Wildman–Crippen MR) is 84.2 cm³/mol. The van der Waals surface area contributed by atoms with Gasteiger partial charge in [-0.15, -0.1) is 11.3 Å². The molecule has 1 aromatic heterocycles. The molecule has 22 heavy (non-hydrogen) atoms. The van der Waals surface area contributed by atoms with Crippen LogP contribution in [0.5, 0.6) is 11.5 Å². The minimum atomic E-state index is -0.0105.